The number of furan rings is 1. The predicted octanol–water partition coefficient (Wildman–Crippen LogP) is 2.66. The van der Waals surface area contributed by atoms with Crippen LogP contribution >= 0.6 is 0 Å². The summed E-state index contributed by atoms with van der Waals surface area (Å²) in [5, 5.41) is 9.72. The van der Waals surface area contributed by atoms with Crippen LogP contribution in [0.1, 0.15) is 18.6 Å². The Morgan fingerprint density at radius 2 is 2.06 bits per heavy atom. The van der Waals surface area contributed by atoms with Gasteiger partial charge in [-0.1, -0.05) is 0 Å². The number of benzene rings is 1. The van der Waals surface area contributed by atoms with Gasteiger partial charge in [0.05, 0.1) is 0 Å². The quantitative estimate of drug-likeness (QED) is 0.903. The number of anilines is 1. The van der Waals surface area contributed by atoms with Gasteiger partial charge in [-0.05, 0) is 31.0 Å². The van der Waals surface area contributed by atoms with E-state index in [9.17, 15) is 4.79 Å². The van der Waals surface area contributed by atoms with Crippen LogP contribution in [-0.4, -0.2) is 24.2 Å². The molecular formula is C14H15NO3. The first-order valence-electron chi connectivity index (χ1n) is 6.21. The Morgan fingerprint density at radius 3 is 2.78 bits per heavy atom. The van der Waals surface area contributed by atoms with Crippen molar-refractivity contribution < 1.29 is 14.3 Å². The van der Waals surface area contributed by atoms with Crippen molar-refractivity contribution in [3.8, 4) is 0 Å². The van der Waals surface area contributed by atoms with Crippen LogP contribution in [0.25, 0.3) is 11.0 Å². The van der Waals surface area contributed by atoms with Crippen LogP contribution in [0.4, 0.5) is 5.69 Å². The summed E-state index contributed by atoms with van der Waals surface area (Å²) in [5.41, 5.74) is 1.94. The number of carbonyl (C=O) groups is 1. The second kappa shape index (κ2) is 4.37. The smallest absolute Gasteiger partial charge is 0.311 e. The lowest BCUT2D eigenvalue weighted by Gasteiger charge is -2.16. The lowest BCUT2D eigenvalue weighted by Crippen LogP contribution is -2.17. The van der Waals surface area contributed by atoms with Crippen LogP contribution in [0.3, 0.4) is 0 Å². The number of carboxylic acid groups (broad SMARTS) is 1. The van der Waals surface area contributed by atoms with Crippen LogP contribution in [0.15, 0.2) is 28.7 Å². The van der Waals surface area contributed by atoms with Gasteiger partial charge in [-0.3, -0.25) is 4.79 Å². The van der Waals surface area contributed by atoms with Crippen molar-refractivity contribution in [1.29, 1.82) is 0 Å². The van der Waals surface area contributed by atoms with E-state index in [-0.39, 0.29) is 6.42 Å². The lowest BCUT2D eigenvalue weighted by molar-refractivity contribution is -0.136. The summed E-state index contributed by atoms with van der Waals surface area (Å²) in [7, 11) is 0. The summed E-state index contributed by atoms with van der Waals surface area (Å²) in [6.07, 6.45) is 2.41. The monoisotopic (exact) mass is 245 g/mol. The second-order valence-electron chi connectivity index (χ2n) is 4.70. The van der Waals surface area contributed by atoms with Gasteiger partial charge in [0, 0.05) is 30.2 Å². The number of aliphatic carboxylic acids is 1. The number of nitrogens with zero attached hydrogens (tertiary/aromatic N) is 1. The van der Waals surface area contributed by atoms with Crippen LogP contribution < -0.4 is 4.90 Å². The van der Waals surface area contributed by atoms with E-state index in [1.54, 1.807) is 6.07 Å². The molecule has 0 saturated carbocycles. The molecule has 4 nitrogen and oxygen atoms in total. The molecule has 18 heavy (non-hydrogen) atoms. The highest BCUT2D eigenvalue weighted by atomic mass is 16.4. The van der Waals surface area contributed by atoms with Gasteiger partial charge in [-0.25, -0.2) is 0 Å². The molecule has 4 heteroatoms. The third-order valence-electron chi connectivity index (χ3n) is 3.35. The molecule has 94 valence electrons. The Hall–Kier alpha value is -1.97. The summed E-state index contributed by atoms with van der Waals surface area (Å²) in [4.78, 5) is 13.0. The summed E-state index contributed by atoms with van der Waals surface area (Å²) in [6, 6.07) is 7.88. The lowest BCUT2D eigenvalue weighted by atomic mass is 10.2. The fourth-order valence-electron chi connectivity index (χ4n) is 2.48. The van der Waals surface area contributed by atoms with E-state index in [0.717, 1.165) is 29.7 Å². The maximum atomic E-state index is 10.7. The molecule has 0 unspecified atom stereocenters. The van der Waals surface area contributed by atoms with Crippen molar-refractivity contribution in [2.24, 2.45) is 0 Å². The average molecular weight is 245 g/mol. The highest BCUT2D eigenvalue weighted by Crippen LogP contribution is 2.27. The number of carboxylic acids is 1. The van der Waals surface area contributed by atoms with Gasteiger partial charge in [0.1, 0.15) is 17.8 Å². The van der Waals surface area contributed by atoms with Crippen LogP contribution in [0.2, 0.25) is 0 Å². The summed E-state index contributed by atoms with van der Waals surface area (Å²) < 4.78 is 5.57. The van der Waals surface area contributed by atoms with Gasteiger partial charge in [0.25, 0.3) is 0 Å². The number of hydrogen-bond acceptors (Lipinski definition) is 3. The van der Waals surface area contributed by atoms with Gasteiger partial charge in [-0.15, -0.1) is 0 Å². The molecular weight excluding hydrogens is 230 g/mol. The third kappa shape index (κ3) is 2.06. The molecule has 2 heterocycles. The maximum Gasteiger partial charge on any atom is 0.311 e. The molecule has 0 spiro atoms. The van der Waals surface area contributed by atoms with Crippen molar-refractivity contribution >= 4 is 22.6 Å². The van der Waals surface area contributed by atoms with Crippen molar-refractivity contribution in [3.63, 3.8) is 0 Å². The molecule has 0 bridgehead atoms. The number of rotatable bonds is 3. The molecule has 0 radical (unpaired) electrons. The largest absolute Gasteiger partial charge is 0.481 e. The van der Waals surface area contributed by atoms with Crippen LogP contribution in [0, 0.1) is 0 Å². The van der Waals surface area contributed by atoms with Gasteiger partial charge in [0.2, 0.25) is 0 Å². The normalized spacial score (nSPS) is 15.4. The topological polar surface area (TPSA) is 53.7 Å². The molecule has 3 rings (SSSR count). The van der Waals surface area contributed by atoms with E-state index in [0.29, 0.717) is 5.76 Å². The highest BCUT2D eigenvalue weighted by Gasteiger charge is 2.14. The summed E-state index contributed by atoms with van der Waals surface area (Å²) in [6.45, 7) is 2.18. The van der Waals surface area contributed by atoms with E-state index in [1.807, 2.05) is 12.1 Å². The Bertz CT molecular complexity index is 582. The van der Waals surface area contributed by atoms with E-state index in [2.05, 4.69) is 11.0 Å². The second-order valence-corrected chi connectivity index (χ2v) is 4.70. The predicted molar refractivity (Wildman–Crippen MR) is 69.0 cm³/mol. The molecule has 1 aromatic carbocycles. The van der Waals surface area contributed by atoms with Crippen molar-refractivity contribution in [2.75, 3.05) is 18.0 Å². The standard InChI is InChI=1S/C14H15NO3/c16-14(17)9-12-7-10-3-4-11(8-13(10)18-12)15-5-1-2-6-15/h3-4,7-8H,1-2,5-6,9H2,(H,16,17). The fourth-order valence-corrected chi connectivity index (χ4v) is 2.48. The van der Waals surface area contributed by atoms with E-state index >= 15 is 0 Å². The van der Waals surface area contributed by atoms with Crippen molar-refractivity contribution in [3.05, 3.63) is 30.0 Å². The molecule has 1 aliphatic rings. The van der Waals surface area contributed by atoms with Crippen molar-refractivity contribution in [2.45, 2.75) is 19.3 Å². The minimum Gasteiger partial charge on any atom is -0.481 e. The molecule has 0 aliphatic carbocycles. The molecule has 1 aliphatic heterocycles. The molecule has 1 aromatic heterocycles. The number of hydrogen-bond donors (Lipinski definition) is 1. The first-order chi connectivity index (χ1) is 8.72. The minimum absolute atomic E-state index is 0.0618. The third-order valence-corrected chi connectivity index (χ3v) is 3.35. The van der Waals surface area contributed by atoms with Crippen molar-refractivity contribution in [1.82, 2.24) is 0 Å². The van der Waals surface area contributed by atoms with Gasteiger partial charge >= 0.3 is 5.97 Å². The average Bonchev–Trinajstić information content (AvgIpc) is 2.94. The fraction of sp³-hybridized carbons (Fsp3) is 0.357. The van der Waals surface area contributed by atoms with Crippen LogP contribution in [-0.2, 0) is 11.2 Å². The molecule has 2 aromatic rings. The molecule has 1 fully saturated rings. The van der Waals surface area contributed by atoms with E-state index in [1.165, 1.54) is 12.8 Å². The molecule has 1 N–H and O–H groups in total. The van der Waals surface area contributed by atoms with Gasteiger partial charge in [-0.2, -0.15) is 0 Å². The highest BCUT2D eigenvalue weighted by molar-refractivity contribution is 5.83. The van der Waals surface area contributed by atoms with E-state index < -0.39 is 5.97 Å². The summed E-state index contributed by atoms with van der Waals surface area (Å²) >= 11 is 0. The van der Waals surface area contributed by atoms with Gasteiger partial charge < -0.3 is 14.4 Å². The first kappa shape index (κ1) is 11.1. The summed E-state index contributed by atoms with van der Waals surface area (Å²) in [5.74, 6) is -0.357. The van der Waals surface area contributed by atoms with Crippen LogP contribution in [0.5, 0.6) is 0 Å². The maximum absolute atomic E-state index is 10.7. The zero-order valence-corrected chi connectivity index (χ0v) is 10.1. The minimum atomic E-state index is -0.867. The zero-order chi connectivity index (χ0) is 12.5. The Morgan fingerprint density at radius 1 is 1.28 bits per heavy atom. The van der Waals surface area contributed by atoms with E-state index in [4.69, 9.17) is 9.52 Å². The Balaban J connectivity index is 1.93. The first-order valence-corrected chi connectivity index (χ1v) is 6.21. The molecule has 1 saturated heterocycles. The Labute approximate surface area is 105 Å². The zero-order valence-electron chi connectivity index (χ0n) is 10.1. The van der Waals surface area contributed by atoms with Gasteiger partial charge in [0.15, 0.2) is 0 Å². The number of fused-ring (bicyclic) bond motifs is 1. The Kier molecular flexibility index (Phi) is 2.70. The molecule has 0 amide bonds. The SMILES string of the molecule is O=C(O)Cc1cc2ccc(N3CCCC3)cc2o1. The molecule has 0 atom stereocenters.